The van der Waals surface area contributed by atoms with E-state index in [0.29, 0.717) is 11.5 Å². The first-order valence-corrected chi connectivity index (χ1v) is 7.73. The number of hydrogen-bond acceptors (Lipinski definition) is 5. The summed E-state index contributed by atoms with van der Waals surface area (Å²) in [6, 6.07) is 6.64. The van der Waals surface area contributed by atoms with Gasteiger partial charge in [0.2, 0.25) is 0 Å². The molecule has 1 aromatic carbocycles. The highest BCUT2D eigenvalue weighted by molar-refractivity contribution is 5.77. The molecule has 2 heterocycles. The van der Waals surface area contributed by atoms with E-state index >= 15 is 0 Å². The Bertz CT molecular complexity index is 691. The van der Waals surface area contributed by atoms with E-state index in [1.165, 1.54) is 12.8 Å². The third kappa shape index (κ3) is 2.08. The summed E-state index contributed by atoms with van der Waals surface area (Å²) in [5.74, 6) is 0.823. The standard InChI is InChI=1S/C17H21N3O2/c1-10-16(11(2)22-20-10)12-3-4-15(14(18)5-12)19-13-6-17(7-13)8-21-9-17/h3-5,13,19H,6-9,18H2,1-2H3. The van der Waals surface area contributed by atoms with Crippen molar-refractivity contribution in [3.05, 3.63) is 29.7 Å². The maximum Gasteiger partial charge on any atom is 0.141 e. The quantitative estimate of drug-likeness (QED) is 0.852. The number of nitrogen functional groups attached to an aromatic ring is 1. The Balaban J connectivity index is 1.51. The first-order chi connectivity index (χ1) is 10.6. The summed E-state index contributed by atoms with van der Waals surface area (Å²) in [5.41, 5.74) is 11.4. The van der Waals surface area contributed by atoms with Gasteiger partial charge in [0.25, 0.3) is 0 Å². The number of aryl methyl sites for hydroxylation is 2. The predicted octanol–water partition coefficient (Wildman–Crippen LogP) is 3.13. The van der Waals surface area contributed by atoms with E-state index in [-0.39, 0.29) is 0 Å². The fourth-order valence-corrected chi connectivity index (χ4v) is 3.68. The first-order valence-electron chi connectivity index (χ1n) is 7.73. The molecule has 2 fully saturated rings. The van der Waals surface area contributed by atoms with Crippen molar-refractivity contribution in [2.75, 3.05) is 24.3 Å². The summed E-state index contributed by atoms with van der Waals surface area (Å²) in [4.78, 5) is 0. The van der Waals surface area contributed by atoms with Crippen LogP contribution in [0.1, 0.15) is 24.3 Å². The van der Waals surface area contributed by atoms with Gasteiger partial charge >= 0.3 is 0 Å². The topological polar surface area (TPSA) is 73.3 Å². The van der Waals surface area contributed by atoms with E-state index in [0.717, 1.165) is 47.2 Å². The molecule has 1 aromatic heterocycles. The average molecular weight is 299 g/mol. The van der Waals surface area contributed by atoms with Crippen molar-refractivity contribution < 1.29 is 9.26 Å². The van der Waals surface area contributed by atoms with Crippen molar-refractivity contribution in [3.63, 3.8) is 0 Å². The number of nitrogens with zero attached hydrogens (tertiary/aromatic N) is 1. The van der Waals surface area contributed by atoms with Crippen LogP contribution in [0.4, 0.5) is 11.4 Å². The fraction of sp³-hybridized carbons (Fsp3) is 0.471. The van der Waals surface area contributed by atoms with Gasteiger partial charge in [0.05, 0.1) is 30.3 Å². The summed E-state index contributed by atoms with van der Waals surface area (Å²) in [6.07, 6.45) is 2.36. The maximum atomic E-state index is 6.23. The van der Waals surface area contributed by atoms with Gasteiger partial charge < -0.3 is 20.3 Å². The van der Waals surface area contributed by atoms with E-state index in [1.54, 1.807) is 0 Å². The minimum atomic E-state index is 0.461. The number of nitrogens with one attached hydrogen (secondary N) is 1. The van der Waals surface area contributed by atoms with Crippen LogP contribution in [0.15, 0.2) is 22.7 Å². The van der Waals surface area contributed by atoms with Crippen molar-refractivity contribution in [2.24, 2.45) is 5.41 Å². The Morgan fingerprint density at radius 1 is 1.27 bits per heavy atom. The summed E-state index contributed by atoms with van der Waals surface area (Å²) < 4.78 is 10.5. The van der Waals surface area contributed by atoms with Gasteiger partial charge in [0.1, 0.15) is 5.76 Å². The molecule has 1 aliphatic carbocycles. The maximum absolute atomic E-state index is 6.23. The lowest BCUT2D eigenvalue weighted by Gasteiger charge is -2.53. The minimum Gasteiger partial charge on any atom is -0.397 e. The van der Waals surface area contributed by atoms with Crippen molar-refractivity contribution >= 4 is 11.4 Å². The molecular formula is C17H21N3O2. The summed E-state index contributed by atoms with van der Waals surface area (Å²) in [7, 11) is 0. The predicted molar refractivity (Wildman–Crippen MR) is 85.7 cm³/mol. The zero-order valence-electron chi connectivity index (χ0n) is 13.0. The van der Waals surface area contributed by atoms with E-state index in [4.69, 9.17) is 15.0 Å². The van der Waals surface area contributed by atoms with E-state index < -0.39 is 0 Å². The number of ether oxygens (including phenoxy) is 1. The summed E-state index contributed by atoms with van der Waals surface area (Å²) in [6.45, 7) is 5.71. The van der Waals surface area contributed by atoms with Gasteiger partial charge in [-0.15, -0.1) is 0 Å². The molecule has 1 spiro atoms. The highest BCUT2D eigenvalue weighted by Gasteiger charge is 2.49. The molecule has 5 nitrogen and oxygen atoms in total. The second kappa shape index (κ2) is 4.74. The van der Waals surface area contributed by atoms with Crippen molar-refractivity contribution in [3.8, 4) is 11.1 Å². The van der Waals surface area contributed by atoms with Crippen LogP contribution in [-0.4, -0.2) is 24.4 Å². The SMILES string of the molecule is Cc1noc(C)c1-c1ccc(NC2CC3(COC3)C2)c(N)c1. The minimum absolute atomic E-state index is 0.461. The Hall–Kier alpha value is -2.01. The van der Waals surface area contributed by atoms with E-state index in [9.17, 15) is 0 Å². The highest BCUT2D eigenvalue weighted by atomic mass is 16.5. The molecule has 4 rings (SSSR count). The van der Waals surface area contributed by atoms with Gasteiger partial charge in [-0.05, 0) is 44.4 Å². The van der Waals surface area contributed by atoms with Gasteiger partial charge in [-0.25, -0.2) is 0 Å². The molecule has 0 amide bonds. The molecule has 116 valence electrons. The highest BCUT2D eigenvalue weighted by Crippen LogP contribution is 2.48. The normalized spacial score (nSPS) is 19.7. The van der Waals surface area contributed by atoms with Crippen LogP contribution in [-0.2, 0) is 4.74 Å². The zero-order valence-corrected chi connectivity index (χ0v) is 13.0. The van der Waals surface area contributed by atoms with Crippen LogP contribution in [0.2, 0.25) is 0 Å². The molecule has 2 aromatic rings. The second-order valence-electron chi connectivity index (χ2n) is 6.74. The number of anilines is 2. The molecule has 1 saturated heterocycles. The molecular weight excluding hydrogens is 278 g/mol. The Labute approximate surface area is 129 Å². The van der Waals surface area contributed by atoms with E-state index in [1.807, 2.05) is 19.9 Å². The molecule has 0 bridgehead atoms. The lowest BCUT2D eigenvalue weighted by Crippen LogP contribution is -2.56. The van der Waals surface area contributed by atoms with Gasteiger partial charge in [-0.2, -0.15) is 0 Å². The molecule has 0 atom stereocenters. The van der Waals surface area contributed by atoms with Crippen molar-refractivity contribution in [1.29, 1.82) is 0 Å². The molecule has 0 radical (unpaired) electrons. The van der Waals surface area contributed by atoms with Crippen LogP contribution in [0, 0.1) is 19.3 Å². The number of aromatic nitrogens is 1. The van der Waals surface area contributed by atoms with Gasteiger partial charge in [0, 0.05) is 17.0 Å². The third-order valence-corrected chi connectivity index (χ3v) is 4.91. The van der Waals surface area contributed by atoms with Crippen molar-refractivity contribution in [2.45, 2.75) is 32.7 Å². The van der Waals surface area contributed by atoms with Gasteiger partial charge in [-0.3, -0.25) is 0 Å². The Kier molecular flexibility index (Phi) is 2.94. The molecule has 1 aliphatic heterocycles. The molecule has 2 aliphatic rings. The van der Waals surface area contributed by atoms with Crippen molar-refractivity contribution in [1.82, 2.24) is 5.16 Å². The lowest BCUT2D eigenvalue weighted by molar-refractivity contribution is -0.159. The van der Waals surface area contributed by atoms with Crippen LogP contribution < -0.4 is 11.1 Å². The molecule has 5 heteroatoms. The smallest absolute Gasteiger partial charge is 0.141 e. The Morgan fingerprint density at radius 2 is 2.05 bits per heavy atom. The zero-order chi connectivity index (χ0) is 15.3. The Morgan fingerprint density at radius 3 is 2.59 bits per heavy atom. The van der Waals surface area contributed by atoms with Crippen LogP contribution in [0.3, 0.4) is 0 Å². The van der Waals surface area contributed by atoms with Crippen LogP contribution in [0.25, 0.3) is 11.1 Å². The van der Waals surface area contributed by atoms with Gasteiger partial charge in [0.15, 0.2) is 0 Å². The molecule has 1 saturated carbocycles. The molecule has 0 unspecified atom stereocenters. The van der Waals surface area contributed by atoms with Gasteiger partial charge in [-0.1, -0.05) is 11.2 Å². The number of benzene rings is 1. The largest absolute Gasteiger partial charge is 0.397 e. The number of hydrogen-bond donors (Lipinski definition) is 2. The second-order valence-corrected chi connectivity index (χ2v) is 6.74. The molecule has 3 N–H and O–H groups in total. The third-order valence-electron chi connectivity index (χ3n) is 4.91. The number of rotatable bonds is 3. The average Bonchev–Trinajstić information content (AvgIpc) is 2.72. The van der Waals surface area contributed by atoms with Crippen LogP contribution in [0.5, 0.6) is 0 Å². The van der Waals surface area contributed by atoms with E-state index in [2.05, 4.69) is 22.6 Å². The fourth-order valence-electron chi connectivity index (χ4n) is 3.68. The molecule has 22 heavy (non-hydrogen) atoms. The summed E-state index contributed by atoms with van der Waals surface area (Å²) in [5, 5.41) is 7.56. The first kappa shape index (κ1) is 13.6. The lowest BCUT2D eigenvalue weighted by atomic mass is 9.64. The summed E-state index contributed by atoms with van der Waals surface area (Å²) >= 11 is 0. The number of nitrogens with two attached hydrogens (primary N) is 1. The van der Waals surface area contributed by atoms with Crippen LogP contribution >= 0.6 is 0 Å². The monoisotopic (exact) mass is 299 g/mol.